The number of ether oxygens (including phenoxy) is 1. The van der Waals surface area contributed by atoms with Gasteiger partial charge in [0.2, 0.25) is 12.0 Å². The summed E-state index contributed by atoms with van der Waals surface area (Å²) in [5.74, 6) is -4.39. The molecular formula is C10H14F2N5O13P3. The number of aliphatic hydroxyl groups is 1. The predicted octanol–water partition coefficient (Wildman–Crippen LogP) is 0.427. The number of hydrogen-bond acceptors (Lipinski definition) is 11. The monoisotopic (exact) mass is 543 g/mol. The molecule has 1 aromatic rings. The van der Waals surface area contributed by atoms with Crippen LogP contribution in [0.25, 0.3) is 10.4 Å². The molecule has 5 N–H and O–H groups in total. The Bertz CT molecular complexity index is 1170. The maximum atomic E-state index is 14.7. The molecular weight excluding hydrogens is 529 g/mol. The summed E-state index contributed by atoms with van der Waals surface area (Å²) in [7, 11) is -17.5. The molecule has 23 heteroatoms. The van der Waals surface area contributed by atoms with Crippen LogP contribution in [-0.2, 0) is 31.6 Å². The molecule has 1 aliphatic heterocycles. The summed E-state index contributed by atoms with van der Waals surface area (Å²) in [5.41, 5.74) is 4.36. The molecule has 2 rings (SSSR count). The van der Waals surface area contributed by atoms with E-state index in [9.17, 15) is 37.3 Å². The van der Waals surface area contributed by atoms with Crippen molar-refractivity contribution in [3.8, 4) is 0 Å². The lowest BCUT2D eigenvalue weighted by Crippen LogP contribution is -2.48. The summed E-state index contributed by atoms with van der Waals surface area (Å²) in [6.07, 6.45) is -4.97. The van der Waals surface area contributed by atoms with Gasteiger partial charge in [0, 0.05) is 16.8 Å². The zero-order valence-corrected chi connectivity index (χ0v) is 18.5. The number of alkyl halides is 2. The van der Waals surface area contributed by atoms with Crippen molar-refractivity contribution in [1.82, 2.24) is 9.55 Å². The number of aromatic nitrogens is 2. The van der Waals surface area contributed by atoms with Crippen LogP contribution < -0.4 is 5.69 Å². The molecule has 186 valence electrons. The maximum absolute atomic E-state index is 14.7. The van der Waals surface area contributed by atoms with E-state index in [1.54, 1.807) is 0 Å². The molecule has 2 unspecified atom stereocenters. The summed E-state index contributed by atoms with van der Waals surface area (Å²) in [5, 5.41) is 12.9. The minimum absolute atomic E-state index is 0.132. The van der Waals surface area contributed by atoms with E-state index in [-0.39, 0.29) is 10.3 Å². The van der Waals surface area contributed by atoms with Crippen molar-refractivity contribution >= 4 is 23.5 Å². The van der Waals surface area contributed by atoms with Crippen LogP contribution in [0.4, 0.5) is 8.78 Å². The first-order valence-electron chi connectivity index (χ1n) is 7.98. The fraction of sp³-hybridized carbons (Fsp3) is 0.600. The number of azide groups is 1. The van der Waals surface area contributed by atoms with Gasteiger partial charge in [0.25, 0.3) is 0 Å². The second-order valence-electron chi connectivity index (χ2n) is 6.20. The van der Waals surface area contributed by atoms with Gasteiger partial charge in [-0.3, -0.25) is 9.09 Å². The third-order valence-corrected chi connectivity index (χ3v) is 7.51. The summed E-state index contributed by atoms with van der Waals surface area (Å²) < 4.78 is 79.3. The predicted molar refractivity (Wildman–Crippen MR) is 96.0 cm³/mol. The van der Waals surface area contributed by atoms with E-state index in [0.717, 1.165) is 12.3 Å². The van der Waals surface area contributed by atoms with E-state index in [0.29, 0.717) is 0 Å². The molecule has 1 aliphatic rings. The van der Waals surface area contributed by atoms with Gasteiger partial charge in [-0.25, -0.2) is 18.5 Å². The second-order valence-corrected chi connectivity index (χ2v) is 10.6. The first-order valence-corrected chi connectivity index (χ1v) is 12.5. The van der Waals surface area contributed by atoms with E-state index < -0.39 is 59.7 Å². The van der Waals surface area contributed by atoms with Crippen LogP contribution in [0, 0.1) is 6.92 Å². The Labute approximate surface area is 180 Å². The Kier molecular flexibility index (Phi) is 7.70. The number of aliphatic hydroxyl groups excluding tert-OH is 1. The third kappa shape index (κ3) is 6.49. The highest BCUT2D eigenvalue weighted by atomic mass is 31.3. The van der Waals surface area contributed by atoms with Crippen molar-refractivity contribution in [2.45, 2.75) is 30.9 Å². The molecule has 33 heavy (non-hydrogen) atoms. The first kappa shape index (κ1) is 27.6. The van der Waals surface area contributed by atoms with E-state index >= 15 is 0 Å². The number of aryl methyl sites for hydroxylation is 1. The Morgan fingerprint density at radius 2 is 1.88 bits per heavy atom. The minimum atomic E-state index is -5.96. The van der Waals surface area contributed by atoms with Gasteiger partial charge in [-0.05, 0) is 18.5 Å². The van der Waals surface area contributed by atoms with Gasteiger partial charge < -0.3 is 29.4 Å². The Hall–Kier alpha value is -1.62. The van der Waals surface area contributed by atoms with Crippen LogP contribution in [0.1, 0.15) is 11.9 Å². The van der Waals surface area contributed by atoms with Crippen LogP contribution in [0.5, 0.6) is 0 Å². The molecule has 2 heterocycles. The van der Waals surface area contributed by atoms with Gasteiger partial charge in [0.15, 0.2) is 6.10 Å². The highest BCUT2D eigenvalue weighted by Crippen LogP contribution is 2.66. The molecule has 0 aromatic carbocycles. The number of rotatable bonds is 9. The SMILES string of the molecule is Cc1ccn([C@@H]2O[C@@](COP(=O)(O)OP(=O)(O)OP(=O)(O)O)(N=[N+]=[N-])[C@@H](O)C2(F)F)c(=O)n1. The standard InChI is InChI=1S/C10H14F2N5O13P3/c1-5-2-3-17(8(19)14-5)7-10(11,12)6(18)9(28-7,15-16-13)4-27-32(23,24)30-33(25,26)29-31(20,21)22/h2-3,6-7,18H,4H2,1H3,(H,23,24)(H,25,26)(H2,20,21,22)/t6-,7-,9-/m1/s1. The lowest BCUT2D eigenvalue weighted by molar-refractivity contribution is -0.144. The van der Waals surface area contributed by atoms with Crippen molar-refractivity contribution in [2.75, 3.05) is 6.61 Å². The van der Waals surface area contributed by atoms with Gasteiger partial charge in [0.1, 0.15) is 0 Å². The van der Waals surface area contributed by atoms with Crippen molar-refractivity contribution in [3.63, 3.8) is 0 Å². The molecule has 1 saturated heterocycles. The number of phosphoric acid groups is 3. The van der Waals surface area contributed by atoms with Gasteiger partial charge in [-0.15, -0.1) is 0 Å². The van der Waals surface area contributed by atoms with Gasteiger partial charge in [0.05, 0.1) is 6.61 Å². The normalized spacial score (nSPS) is 28.5. The molecule has 0 spiro atoms. The van der Waals surface area contributed by atoms with Gasteiger partial charge in [-0.2, -0.15) is 22.4 Å². The van der Waals surface area contributed by atoms with E-state index in [1.807, 2.05) is 0 Å². The van der Waals surface area contributed by atoms with Crippen molar-refractivity contribution in [3.05, 3.63) is 38.9 Å². The van der Waals surface area contributed by atoms with Crippen LogP contribution in [-0.4, -0.2) is 58.6 Å². The summed E-state index contributed by atoms with van der Waals surface area (Å²) in [4.78, 5) is 53.1. The fourth-order valence-corrected chi connectivity index (χ4v) is 5.51. The molecule has 5 atom stereocenters. The first-order chi connectivity index (χ1) is 14.8. The smallest absolute Gasteiger partial charge is 0.383 e. The van der Waals surface area contributed by atoms with Crippen molar-refractivity contribution < 1.29 is 65.0 Å². The Morgan fingerprint density at radius 1 is 1.27 bits per heavy atom. The molecule has 0 amide bonds. The van der Waals surface area contributed by atoms with Crippen LogP contribution in [0.2, 0.25) is 0 Å². The van der Waals surface area contributed by atoms with E-state index in [2.05, 4.69) is 28.2 Å². The average molecular weight is 543 g/mol. The van der Waals surface area contributed by atoms with Crippen LogP contribution in [0.15, 0.2) is 22.2 Å². The summed E-state index contributed by atoms with van der Waals surface area (Å²) in [6, 6.07) is 1.12. The highest BCUT2D eigenvalue weighted by Gasteiger charge is 2.67. The molecule has 0 bridgehead atoms. The Balaban J connectivity index is 2.35. The zero-order chi connectivity index (χ0) is 25.5. The van der Waals surface area contributed by atoms with Crippen molar-refractivity contribution in [1.29, 1.82) is 0 Å². The quantitative estimate of drug-likeness (QED) is 0.122. The fourth-order valence-electron chi connectivity index (χ4n) is 2.46. The number of nitrogens with zero attached hydrogens (tertiary/aromatic N) is 5. The molecule has 0 saturated carbocycles. The number of halogens is 2. The molecule has 0 aliphatic carbocycles. The van der Waals surface area contributed by atoms with Crippen LogP contribution in [0.3, 0.4) is 0 Å². The summed E-state index contributed by atoms with van der Waals surface area (Å²) in [6.45, 7) is -0.386. The average Bonchev–Trinajstić information content (AvgIpc) is 2.79. The van der Waals surface area contributed by atoms with E-state index in [4.69, 9.17) is 24.9 Å². The molecule has 1 aromatic heterocycles. The molecule has 18 nitrogen and oxygen atoms in total. The molecule has 1 fully saturated rings. The second kappa shape index (κ2) is 9.20. The lowest BCUT2D eigenvalue weighted by atomic mass is 10.1. The minimum Gasteiger partial charge on any atom is -0.383 e. The molecule has 0 radical (unpaired) electrons. The topological polar surface area (TPSA) is 273 Å². The van der Waals surface area contributed by atoms with Gasteiger partial charge in [-0.1, -0.05) is 5.11 Å². The number of hydrogen-bond donors (Lipinski definition) is 5. The highest BCUT2D eigenvalue weighted by molar-refractivity contribution is 7.66. The largest absolute Gasteiger partial charge is 0.490 e. The van der Waals surface area contributed by atoms with Crippen molar-refractivity contribution in [2.24, 2.45) is 5.11 Å². The number of phosphoric ester groups is 1. The zero-order valence-electron chi connectivity index (χ0n) is 15.9. The Morgan fingerprint density at radius 3 is 2.39 bits per heavy atom. The summed E-state index contributed by atoms with van der Waals surface area (Å²) >= 11 is 0. The lowest BCUT2D eigenvalue weighted by Gasteiger charge is -2.27. The van der Waals surface area contributed by atoms with E-state index in [1.165, 1.54) is 6.92 Å². The van der Waals surface area contributed by atoms with Gasteiger partial charge >= 0.3 is 35.1 Å². The van der Waals surface area contributed by atoms with Crippen LogP contribution >= 0.6 is 23.5 Å². The maximum Gasteiger partial charge on any atom is 0.490 e. The third-order valence-electron chi connectivity index (χ3n) is 3.72.